The average molecular weight is 539 g/mol. The lowest BCUT2D eigenvalue weighted by atomic mass is 9.64. The number of piperidine rings is 1. The monoisotopic (exact) mass is 538 g/mol. The largest absolute Gasteiger partial charge is 0.493 e. The molecule has 1 unspecified atom stereocenters. The summed E-state index contributed by atoms with van der Waals surface area (Å²) in [6.45, 7) is 7.28. The highest BCUT2D eigenvalue weighted by atomic mass is 35.5. The molecule has 1 saturated carbocycles. The van der Waals surface area contributed by atoms with Gasteiger partial charge in [-0.15, -0.1) is 0 Å². The van der Waals surface area contributed by atoms with Gasteiger partial charge in [0, 0.05) is 24.4 Å². The van der Waals surface area contributed by atoms with Crippen LogP contribution in [0.1, 0.15) is 76.3 Å². The van der Waals surface area contributed by atoms with Gasteiger partial charge in [0.2, 0.25) is 0 Å². The van der Waals surface area contributed by atoms with E-state index < -0.39 is 11.1 Å². The lowest BCUT2D eigenvalue weighted by Gasteiger charge is -2.50. The van der Waals surface area contributed by atoms with Crippen LogP contribution in [0.2, 0.25) is 5.02 Å². The van der Waals surface area contributed by atoms with Crippen LogP contribution < -0.4 is 10.1 Å². The summed E-state index contributed by atoms with van der Waals surface area (Å²) >= 11 is 6.26. The van der Waals surface area contributed by atoms with E-state index >= 15 is 0 Å². The number of ether oxygens (including phenoxy) is 2. The number of nitrogens with one attached hydrogen (secondary N) is 1. The van der Waals surface area contributed by atoms with Gasteiger partial charge in [-0.1, -0.05) is 81.8 Å². The molecule has 1 aliphatic carbocycles. The summed E-state index contributed by atoms with van der Waals surface area (Å²) in [6.07, 6.45) is 9.64. The zero-order valence-electron chi connectivity index (χ0n) is 23.0. The summed E-state index contributed by atoms with van der Waals surface area (Å²) in [5, 5.41) is 4.25. The molecule has 2 aromatic carbocycles. The summed E-state index contributed by atoms with van der Waals surface area (Å²) in [6, 6.07) is 16.5. The molecule has 1 N–H and O–H groups in total. The fourth-order valence-electron chi connectivity index (χ4n) is 6.92. The lowest BCUT2D eigenvalue weighted by Crippen LogP contribution is -2.63. The average Bonchev–Trinajstić information content (AvgIpc) is 3.12. The zero-order chi connectivity index (χ0) is 26.6. The first-order chi connectivity index (χ1) is 18.4. The molecule has 1 amide bonds. The molecular formula is C32H43ClN2O3. The van der Waals surface area contributed by atoms with Crippen molar-refractivity contribution in [2.75, 3.05) is 19.7 Å². The Morgan fingerprint density at radius 2 is 1.66 bits per heavy atom. The van der Waals surface area contributed by atoms with Gasteiger partial charge in [0.05, 0.1) is 12.1 Å². The minimum atomic E-state index is -0.493. The molecule has 5 nitrogen and oxygen atoms in total. The molecule has 38 heavy (non-hydrogen) atoms. The number of carbonyl (C=O) groups excluding carboxylic acids is 1. The molecule has 2 aliphatic heterocycles. The maximum Gasteiger partial charge on any atom is 0.411 e. The van der Waals surface area contributed by atoms with Crippen molar-refractivity contribution in [2.45, 2.75) is 89.3 Å². The Kier molecular flexibility index (Phi) is 8.54. The molecule has 6 heteroatoms. The van der Waals surface area contributed by atoms with E-state index in [0.29, 0.717) is 25.0 Å². The van der Waals surface area contributed by atoms with Crippen LogP contribution >= 0.6 is 11.6 Å². The molecule has 0 radical (unpaired) electrons. The number of benzene rings is 2. The van der Waals surface area contributed by atoms with Crippen molar-refractivity contribution in [3.8, 4) is 5.75 Å². The van der Waals surface area contributed by atoms with E-state index in [0.717, 1.165) is 55.1 Å². The minimum Gasteiger partial charge on any atom is -0.493 e. The molecule has 1 atom stereocenters. The predicted octanol–water partition coefficient (Wildman–Crippen LogP) is 7.40. The normalized spacial score (nSPS) is 23.7. The first-order valence-electron chi connectivity index (χ1n) is 14.6. The highest BCUT2D eigenvalue weighted by Gasteiger charge is 2.64. The maximum atomic E-state index is 13.8. The molecule has 206 valence electrons. The van der Waals surface area contributed by atoms with Gasteiger partial charge < -0.3 is 14.8 Å². The van der Waals surface area contributed by atoms with Crippen LogP contribution in [0.4, 0.5) is 4.79 Å². The van der Waals surface area contributed by atoms with E-state index in [2.05, 4.69) is 48.3 Å². The maximum absolute atomic E-state index is 13.8. The number of hydrogen-bond acceptors (Lipinski definition) is 4. The Morgan fingerprint density at radius 3 is 2.32 bits per heavy atom. The van der Waals surface area contributed by atoms with E-state index in [9.17, 15) is 4.79 Å². The number of amides is 1. The van der Waals surface area contributed by atoms with E-state index in [4.69, 9.17) is 21.1 Å². The van der Waals surface area contributed by atoms with Gasteiger partial charge in [-0.2, -0.15) is 0 Å². The van der Waals surface area contributed by atoms with Crippen molar-refractivity contribution >= 4 is 17.7 Å². The Hall–Kier alpha value is -2.24. The minimum absolute atomic E-state index is 0.170. The van der Waals surface area contributed by atoms with E-state index in [-0.39, 0.29) is 6.09 Å². The molecule has 2 aromatic rings. The molecule has 1 spiro atoms. The van der Waals surface area contributed by atoms with E-state index in [1.54, 1.807) is 0 Å². The molecule has 3 aliphatic rings. The molecule has 0 aromatic heterocycles. The third kappa shape index (κ3) is 5.84. The first kappa shape index (κ1) is 27.3. The van der Waals surface area contributed by atoms with Crippen molar-refractivity contribution in [1.82, 2.24) is 10.2 Å². The zero-order valence-corrected chi connectivity index (χ0v) is 23.8. The van der Waals surface area contributed by atoms with Crippen molar-refractivity contribution < 1.29 is 14.3 Å². The number of rotatable bonds is 9. The van der Waals surface area contributed by atoms with Gasteiger partial charge >= 0.3 is 6.09 Å². The second-order valence-electron chi connectivity index (χ2n) is 12.1. The van der Waals surface area contributed by atoms with Crippen LogP contribution in [-0.2, 0) is 17.7 Å². The van der Waals surface area contributed by atoms with Crippen LogP contribution in [0.15, 0.2) is 48.5 Å². The number of hydrogen-bond donors (Lipinski definition) is 1. The van der Waals surface area contributed by atoms with Gasteiger partial charge in [0.1, 0.15) is 11.4 Å². The summed E-state index contributed by atoms with van der Waals surface area (Å²) in [7, 11) is 0. The Balaban J connectivity index is 1.51. The van der Waals surface area contributed by atoms with E-state index in [1.165, 1.54) is 37.7 Å². The van der Waals surface area contributed by atoms with Crippen molar-refractivity contribution in [2.24, 2.45) is 11.8 Å². The van der Waals surface area contributed by atoms with E-state index in [1.807, 2.05) is 24.3 Å². The second kappa shape index (κ2) is 11.9. The van der Waals surface area contributed by atoms with Gasteiger partial charge in [0.25, 0.3) is 0 Å². The highest BCUT2D eigenvalue weighted by molar-refractivity contribution is 6.30. The quantitative estimate of drug-likeness (QED) is 0.361. The molecular weight excluding hydrogens is 496 g/mol. The van der Waals surface area contributed by atoms with Crippen molar-refractivity contribution in [3.63, 3.8) is 0 Å². The van der Waals surface area contributed by atoms with Gasteiger partial charge in [-0.25, -0.2) is 4.79 Å². The molecule has 2 saturated heterocycles. The second-order valence-corrected chi connectivity index (χ2v) is 12.5. The Labute approximate surface area is 233 Å². The topological polar surface area (TPSA) is 50.8 Å². The summed E-state index contributed by atoms with van der Waals surface area (Å²) in [4.78, 5) is 15.9. The van der Waals surface area contributed by atoms with Crippen LogP contribution in [0.3, 0.4) is 0 Å². The van der Waals surface area contributed by atoms with Crippen molar-refractivity contribution in [1.29, 1.82) is 0 Å². The standard InChI is InChI=1S/C32H43ClN2O3/c1-24(2)23-37-29-14-10-27(11-15-29)22-35-30(36)38-32(16-18-34-19-17-32)31(35,20-25-6-4-3-5-7-25)21-26-8-12-28(33)13-9-26/h8-15,24-25,34H,3-7,16-23H2,1-2H3. The van der Waals surface area contributed by atoms with Gasteiger partial charge in [-0.3, -0.25) is 4.90 Å². The molecule has 0 bridgehead atoms. The Bertz CT molecular complexity index is 1060. The third-order valence-corrected chi connectivity index (χ3v) is 9.14. The van der Waals surface area contributed by atoms with Crippen LogP contribution in [0.5, 0.6) is 5.75 Å². The number of nitrogens with zero attached hydrogens (tertiary/aromatic N) is 1. The number of halogens is 1. The molecule has 2 heterocycles. The summed E-state index contributed by atoms with van der Waals surface area (Å²) in [5.74, 6) is 1.95. The highest BCUT2D eigenvalue weighted by Crippen LogP contribution is 2.52. The summed E-state index contributed by atoms with van der Waals surface area (Å²) in [5.41, 5.74) is 1.42. The lowest BCUT2D eigenvalue weighted by molar-refractivity contribution is -0.0550. The van der Waals surface area contributed by atoms with Crippen LogP contribution in [0, 0.1) is 11.8 Å². The van der Waals surface area contributed by atoms with Crippen molar-refractivity contribution in [3.05, 3.63) is 64.7 Å². The number of carbonyl (C=O) groups is 1. The molecule has 3 fully saturated rings. The Morgan fingerprint density at radius 1 is 1.00 bits per heavy atom. The fourth-order valence-corrected chi connectivity index (χ4v) is 7.05. The SMILES string of the molecule is CC(C)COc1ccc(CN2C(=O)OC3(CCNCC3)C2(Cc2ccc(Cl)cc2)CC2CCCCC2)cc1. The van der Waals surface area contributed by atoms with Gasteiger partial charge in [-0.05, 0) is 73.2 Å². The van der Waals surface area contributed by atoms with Crippen LogP contribution in [-0.4, -0.2) is 41.8 Å². The molecule has 5 rings (SSSR count). The third-order valence-electron chi connectivity index (χ3n) is 8.89. The fraction of sp³-hybridized carbons (Fsp3) is 0.594. The van der Waals surface area contributed by atoms with Gasteiger partial charge in [0.15, 0.2) is 0 Å². The smallest absolute Gasteiger partial charge is 0.411 e. The summed E-state index contributed by atoms with van der Waals surface area (Å²) < 4.78 is 12.4. The van der Waals surface area contributed by atoms with Crippen LogP contribution in [0.25, 0.3) is 0 Å². The predicted molar refractivity (Wildman–Crippen MR) is 153 cm³/mol. The first-order valence-corrected chi connectivity index (χ1v) is 14.9.